The van der Waals surface area contributed by atoms with Crippen LogP contribution in [0.4, 0.5) is 5.69 Å². The molecule has 1 atom stereocenters. The number of aromatic nitrogens is 1. The number of hydrogen-bond donors (Lipinski definition) is 2. The topological polar surface area (TPSA) is 59.1 Å². The summed E-state index contributed by atoms with van der Waals surface area (Å²) in [4.78, 5) is 3.96. The fourth-order valence-electron chi connectivity index (χ4n) is 1.11. The van der Waals surface area contributed by atoms with Crippen molar-refractivity contribution in [3.8, 4) is 0 Å². The molecule has 0 fully saturated rings. The van der Waals surface area contributed by atoms with Gasteiger partial charge in [0.25, 0.3) is 0 Å². The lowest BCUT2D eigenvalue weighted by Crippen LogP contribution is -2.14. The van der Waals surface area contributed by atoms with Gasteiger partial charge in [-0.3, -0.25) is 4.98 Å². The van der Waals surface area contributed by atoms with Gasteiger partial charge < -0.3 is 10.8 Å². The van der Waals surface area contributed by atoms with Crippen LogP contribution in [0.5, 0.6) is 0 Å². The summed E-state index contributed by atoms with van der Waals surface area (Å²) < 4.78 is 0. The van der Waals surface area contributed by atoms with Crippen molar-refractivity contribution in [2.75, 3.05) is 17.7 Å². The summed E-state index contributed by atoms with van der Waals surface area (Å²) in [5.74, 6) is 0.730. The van der Waals surface area contributed by atoms with E-state index in [0.29, 0.717) is 12.1 Å². The van der Waals surface area contributed by atoms with Crippen LogP contribution in [-0.4, -0.2) is 28.2 Å². The molecule has 0 radical (unpaired) electrons. The van der Waals surface area contributed by atoms with Gasteiger partial charge in [-0.05, 0) is 17.9 Å². The molecular weight excluding hydrogens is 184 g/mol. The van der Waals surface area contributed by atoms with Gasteiger partial charge in [-0.15, -0.1) is 0 Å². The van der Waals surface area contributed by atoms with Crippen LogP contribution >= 0.6 is 11.8 Å². The molecule has 0 saturated carbocycles. The van der Waals surface area contributed by atoms with Crippen LogP contribution in [0.3, 0.4) is 0 Å². The number of anilines is 1. The zero-order valence-electron chi connectivity index (χ0n) is 7.60. The smallest absolute Gasteiger partial charge is 0.0672 e. The van der Waals surface area contributed by atoms with Gasteiger partial charge in [-0.25, -0.2) is 0 Å². The largest absolute Gasteiger partial charge is 0.398 e. The number of thioether (sulfide) groups is 1. The normalized spacial score (nSPS) is 12.8. The molecule has 0 spiro atoms. The molecule has 72 valence electrons. The van der Waals surface area contributed by atoms with Crippen molar-refractivity contribution >= 4 is 17.4 Å². The van der Waals surface area contributed by atoms with E-state index in [-0.39, 0.29) is 6.10 Å². The first kappa shape index (κ1) is 10.3. The minimum absolute atomic E-state index is 0.332. The van der Waals surface area contributed by atoms with E-state index in [2.05, 4.69) is 4.98 Å². The molecule has 0 saturated heterocycles. The Hall–Kier alpha value is -0.740. The quantitative estimate of drug-likeness (QED) is 0.755. The van der Waals surface area contributed by atoms with E-state index < -0.39 is 0 Å². The van der Waals surface area contributed by atoms with E-state index in [1.165, 1.54) is 0 Å². The highest BCUT2D eigenvalue weighted by atomic mass is 32.2. The van der Waals surface area contributed by atoms with E-state index in [1.54, 1.807) is 30.2 Å². The Balaban J connectivity index is 2.58. The zero-order valence-corrected chi connectivity index (χ0v) is 8.42. The van der Waals surface area contributed by atoms with Crippen molar-refractivity contribution < 1.29 is 5.11 Å². The first-order chi connectivity index (χ1) is 6.24. The molecule has 1 aromatic rings. The van der Waals surface area contributed by atoms with Crippen molar-refractivity contribution in [3.05, 3.63) is 24.0 Å². The minimum Gasteiger partial charge on any atom is -0.398 e. The Morgan fingerprint density at radius 1 is 1.69 bits per heavy atom. The number of rotatable bonds is 4. The predicted molar refractivity (Wildman–Crippen MR) is 56.7 cm³/mol. The monoisotopic (exact) mass is 198 g/mol. The second-order valence-electron chi connectivity index (χ2n) is 2.89. The molecule has 1 unspecified atom stereocenters. The third-order valence-corrected chi connectivity index (χ3v) is 2.47. The summed E-state index contributed by atoms with van der Waals surface area (Å²) in [7, 11) is 0. The average Bonchev–Trinajstić information content (AvgIpc) is 2.09. The highest BCUT2D eigenvalue weighted by Gasteiger charge is 2.06. The molecule has 4 heteroatoms. The molecule has 0 aliphatic heterocycles. The maximum absolute atomic E-state index is 9.52. The van der Waals surface area contributed by atoms with E-state index in [9.17, 15) is 5.11 Å². The number of pyridine rings is 1. The highest BCUT2D eigenvalue weighted by molar-refractivity contribution is 7.98. The first-order valence-corrected chi connectivity index (χ1v) is 5.48. The van der Waals surface area contributed by atoms with Gasteiger partial charge in [0.15, 0.2) is 0 Å². The minimum atomic E-state index is -0.332. The third-order valence-electron chi connectivity index (χ3n) is 1.76. The van der Waals surface area contributed by atoms with E-state index in [1.807, 2.05) is 6.26 Å². The van der Waals surface area contributed by atoms with Crippen LogP contribution in [0.2, 0.25) is 0 Å². The highest BCUT2D eigenvalue weighted by Crippen LogP contribution is 2.12. The molecule has 13 heavy (non-hydrogen) atoms. The van der Waals surface area contributed by atoms with Crippen molar-refractivity contribution in [1.29, 1.82) is 0 Å². The van der Waals surface area contributed by atoms with Crippen molar-refractivity contribution in [3.63, 3.8) is 0 Å². The van der Waals surface area contributed by atoms with Crippen molar-refractivity contribution in [2.45, 2.75) is 12.5 Å². The summed E-state index contributed by atoms with van der Waals surface area (Å²) in [6, 6.07) is 1.75. The molecule has 1 heterocycles. The number of aliphatic hydroxyl groups excluding tert-OH is 1. The van der Waals surface area contributed by atoms with Gasteiger partial charge in [0.05, 0.1) is 6.10 Å². The standard InChI is InChI=1S/C9H14N2OS/c1-13-6-8(12)4-7-5-11-3-2-9(7)10/h2-3,5,8,12H,4,6H2,1H3,(H2,10,11). The molecule has 3 N–H and O–H groups in total. The van der Waals surface area contributed by atoms with Crippen LogP contribution in [0.25, 0.3) is 0 Å². The SMILES string of the molecule is CSCC(O)Cc1cnccc1N. The Labute approximate surface area is 82.4 Å². The second kappa shape index (κ2) is 5.09. The average molecular weight is 198 g/mol. The molecule has 3 nitrogen and oxygen atoms in total. The summed E-state index contributed by atoms with van der Waals surface area (Å²) in [6.45, 7) is 0. The molecule has 0 amide bonds. The van der Waals surface area contributed by atoms with Gasteiger partial charge in [0, 0.05) is 30.3 Å². The Morgan fingerprint density at radius 2 is 2.46 bits per heavy atom. The number of nitrogens with zero attached hydrogens (tertiary/aromatic N) is 1. The van der Waals surface area contributed by atoms with E-state index in [0.717, 1.165) is 11.3 Å². The first-order valence-electron chi connectivity index (χ1n) is 4.09. The summed E-state index contributed by atoms with van der Waals surface area (Å²) in [5.41, 5.74) is 7.33. The van der Waals surface area contributed by atoms with Gasteiger partial charge in [-0.2, -0.15) is 11.8 Å². The van der Waals surface area contributed by atoms with Crippen LogP contribution in [0, 0.1) is 0 Å². The fourth-order valence-corrected chi connectivity index (χ4v) is 1.62. The van der Waals surface area contributed by atoms with Crippen molar-refractivity contribution in [2.24, 2.45) is 0 Å². The Kier molecular flexibility index (Phi) is 4.05. The lowest BCUT2D eigenvalue weighted by atomic mass is 10.1. The number of hydrogen-bond acceptors (Lipinski definition) is 4. The van der Waals surface area contributed by atoms with Gasteiger partial charge in [-0.1, -0.05) is 0 Å². The fraction of sp³-hybridized carbons (Fsp3) is 0.444. The summed E-state index contributed by atoms with van der Waals surface area (Å²) in [5, 5.41) is 9.52. The number of nitrogen functional groups attached to an aromatic ring is 1. The van der Waals surface area contributed by atoms with Gasteiger partial charge >= 0.3 is 0 Å². The molecule has 0 aromatic carbocycles. The summed E-state index contributed by atoms with van der Waals surface area (Å²) in [6.07, 6.45) is 5.58. The molecular formula is C9H14N2OS. The second-order valence-corrected chi connectivity index (χ2v) is 3.80. The molecule has 1 aromatic heterocycles. The van der Waals surface area contributed by atoms with Gasteiger partial charge in [0.2, 0.25) is 0 Å². The van der Waals surface area contributed by atoms with E-state index >= 15 is 0 Å². The number of aliphatic hydroxyl groups is 1. The van der Waals surface area contributed by atoms with Crippen LogP contribution in [0.1, 0.15) is 5.56 Å². The van der Waals surface area contributed by atoms with Crippen LogP contribution in [0.15, 0.2) is 18.5 Å². The van der Waals surface area contributed by atoms with Crippen LogP contribution < -0.4 is 5.73 Å². The Bertz CT molecular complexity index is 268. The Morgan fingerprint density at radius 3 is 3.08 bits per heavy atom. The molecule has 0 bridgehead atoms. The molecule has 0 aliphatic carbocycles. The third kappa shape index (κ3) is 3.24. The van der Waals surface area contributed by atoms with E-state index in [4.69, 9.17) is 5.73 Å². The lowest BCUT2D eigenvalue weighted by molar-refractivity contribution is 0.200. The predicted octanol–water partition coefficient (Wildman–Crippen LogP) is 0.930. The van der Waals surface area contributed by atoms with Crippen molar-refractivity contribution in [1.82, 2.24) is 4.98 Å². The zero-order chi connectivity index (χ0) is 9.68. The number of nitrogens with two attached hydrogens (primary N) is 1. The summed E-state index contributed by atoms with van der Waals surface area (Å²) >= 11 is 1.62. The van der Waals surface area contributed by atoms with Gasteiger partial charge in [0.1, 0.15) is 0 Å². The maximum Gasteiger partial charge on any atom is 0.0672 e. The molecule has 0 aliphatic rings. The lowest BCUT2D eigenvalue weighted by Gasteiger charge is -2.09. The maximum atomic E-state index is 9.52. The molecule has 1 rings (SSSR count). The van der Waals surface area contributed by atoms with Crippen LogP contribution in [-0.2, 0) is 6.42 Å².